The Labute approximate surface area is 200 Å². The maximum atomic E-state index is 13.8. The van der Waals surface area contributed by atoms with Crippen LogP contribution in [-0.4, -0.2) is 16.8 Å². The highest BCUT2D eigenvalue weighted by molar-refractivity contribution is 5.82. The monoisotopic (exact) mass is 449 g/mol. The molecule has 0 spiro atoms. The van der Waals surface area contributed by atoms with Crippen LogP contribution in [0, 0.1) is 12.7 Å². The molecule has 0 aliphatic heterocycles. The lowest BCUT2D eigenvalue weighted by Gasteiger charge is -2.30. The average Bonchev–Trinajstić information content (AvgIpc) is 3.28. The molecule has 2 nitrogen and oxygen atoms in total. The minimum atomic E-state index is -0.262. The second-order valence-corrected chi connectivity index (χ2v) is 9.18. The molecule has 0 bridgehead atoms. The summed E-state index contributed by atoms with van der Waals surface area (Å²) in [4.78, 5) is 15.8. The van der Waals surface area contributed by atoms with Crippen molar-refractivity contribution < 1.29 is 9.18 Å². The first kappa shape index (κ1) is 22.1. The van der Waals surface area contributed by atoms with Gasteiger partial charge in [0.2, 0.25) is 5.91 Å². The second-order valence-electron chi connectivity index (χ2n) is 9.18. The number of halogens is 1. The summed E-state index contributed by atoms with van der Waals surface area (Å²) in [7, 11) is 0. The Balaban J connectivity index is 1.43. The Kier molecular flexibility index (Phi) is 6.27. The molecule has 0 aromatic heterocycles. The quantitative estimate of drug-likeness (QED) is 0.327. The lowest BCUT2D eigenvalue weighted by atomic mass is 9.96. The van der Waals surface area contributed by atoms with Crippen molar-refractivity contribution in [2.75, 3.05) is 0 Å². The minimum absolute atomic E-state index is 0.0986. The fraction of sp³-hybridized carbons (Fsp3) is 0.194. The molecule has 0 unspecified atom stereocenters. The molecule has 0 fully saturated rings. The van der Waals surface area contributed by atoms with Crippen LogP contribution in [0.3, 0.4) is 0 Å². The van der Waals surface area contributed by atoms with Crippen LogP contribution in [0.2, 0.25) is 0 Å². The molecular weight excluding hydrogens is 421 g/mol. The van der Waals surface area contributed by atoms with E-state index < -0.39 is 0 Å². The van der Waals surface area contributed by atoms with Gasteiger partial charge in [0.15, 0.2) is 0 Å². The summed E-state index contributed by atoms with van der Waals surface area (Å²) in [6, 6.07) is 31.6. The molecule has 170 valence electrons. The standard InChI is InChI=1S/C31H28FNO/c1-22-10-14-24(15-11-22)30-9-5-4-8-27(30)20-31(34)33(21-23-12-16-28(32)17-13-23)29-18-25-6-2-3-7-26(25)19-29/h2-17,29H,18-21H2,1H3. The Morgan fingerprint density at radius 3 is 2.12 bits per heavy atom. The number of fused-ring (bicyclic) bond motifs is 1. The normalized spacial score (nSPS) is 13.0. The maximum Gasteiger partial charge on any atom is 0.227 e. The minimum Gasteiger partial charge on any atom is -0.334 e. The number of hydrogen-bond acceptors (Lipinski definition) is 1. The summed E-state index contributed by atoms with van der Waals surface area (Å²) in [5, 5.41) is 0. The molecule has 5 rings (SSSR count). The first-order chi connectivity index (χ1) is 16.6. The molecule has 0 radical (unpaired) electrons. The molecule has 3 heteroatoms. The summed E-state index contributed by atoms with van der Waals surface area (Å²) < 4.78 is 13.5. The van der Waals surface area contributed by atoms with E-state index in [0.717, 1.165) is 35.1 Å². The molecule has 0 atom stereocenters. The Bertz CT molecular complexity index is 1270. The van der Waals surface area contributed by atoms with E-state index in [1.807, 2.05) is 23.1 Å². The van der Waals surface area contributed by atoms with E-state index >= 15 is 0 Å². The van der Waals surface area contributed by atoms with E-state index in [1.54, 1.807) is 12.1 Å². The number of benzene rings is 4. The predicted octanol–water partition coefficient (Wildman–Crippen LogP) is 6.54. The van der Waals surface area contributed by atoms with Crippen molar-refractivity contribution in [3.63, 3.8) is 0 Å². The van der Waals surface area contributed by atoms with Gasteiger partial charge in [-0.2, -0.15) is 0 Å². The summed E-state index contributed by atoms with van der Waals surface area (Å²) in [6.07, 6.45) is 2.03. The summed E-state index contributed by atoms with van der Waals surface area (Å²) >= 11 is 0. The van der Waals surface area contributed by atoms with Gasteiger partial charge in [-0.15, -0.1) is 0 Å². The predicted molar refractivity (Wildman–Crippen MR) is 135 cm³/mol. The molecule has 0 saturated heterocycles. The Hall–Kier alpha value is -3.72. The van der Waals surface area contributed by atoms with Crippen LogP contribution < -0.4 is 0 Å². The Morgan fingerprint density at radius 1 is 0.824 bits per heavy atom. The van der Waals surface area contributed by atoms with Crippen LogP contribution in [0.25, 0.3) is 11.1 Å². The highest BCUT2D eigenvalue weighted by Crippen LogP contribution is 2.29. The lowest BCUT2D eigenvalue weighted by Crippen LogP contribution is -2.41. The number of nitrogens with zero attached hydrogens (tertiary/aromatic N) is 1. The van der Waals surface area contributed by atoms with Gasteiger partial charge in [0.05, 0.1) is 6.42 Å². The van der Waals surface area contributed by atoms with Crippen molar-refractivity contribution >= 4 is 5.91 Å². The fourth-order valence-electron chi connectivity index (χ4n) is 4.92. The largest absolute Gasteiger partial charge is 0.334 e. The van der Waals surface area contributed by atoms with Crippen LogP contribution in [0.4, 0.5) is 4.39 Å². The third kappa shape index (κ3) is 4.79. The zero-order chi connectivity index (χ0) is 23.5. The van der Waals surface area contributed by atoms with Crippen molar-refractivity contribution in [2.45, 2.75) is 38.8 Å². The molecule has 4 aromatic rings. The average molecular weight is 450 g/mol. The van der Waals surface area contributed by atoms with E-state index in [2.05, 4.69) is 61.5 Å². The van der Waals surface area contributed by atoms with Gasteiger partial charge in [-0.25, -0.2) is 4.39 Å². The van der Waals surface area contributed by atoms with E-state index in [0.29, 0.717) is 13.0 Å². The number of amides is 1. The number of carbonyl (C=O) groups is 1. The second kappa shape index (κ2) is 9.64. The number of carbonyl (C=O) groups excluding carboxylic acids is 1. The van der Waals surface area contributed by atoms with E-state index in [-0.39, 0.29) is 17.8 Å². The van der Waals surface area contributed by atoms with Crippen LogP contribution in [-0.2, 0) is 30.6 Å². The summed E-state index contributed by atoms with van der Waals surface area (Å²) in [5.41, 5.74) is 8.01. The van der Waals surface area contributed by atoms with Crippen molar-refractivity contribution in [2.24, 2.45) is 0 Å². The van der Waals surface area contributed by atoms with Gasteiger partial charge in [-0.1, -0.05) is 90.5 Å². The maximum absolute atomic E-state index is 13.8. The van der Waals surface area contributed by atoms with Crippen molar-refractivity contribution in [3.8, 4) is 11.1 Å². The highest BCUT2D eigenvalue weighted by atomic mass is 19.1. The topological polar surface area (TPSA) is 20.3 Å². The van der Waals surface area contributed by atoms with Crippen LogP contribution in [0.15, 0.2) is 97.1 Å². The van der Waals surface area contributed by atoms with Gasteiger partial charge in [0.1, 0.15) is 5.82 Å². The van der Waals surface area contributed by atoms with Crippen molar-refractivity contribution in [1.82, 2.24) is 4.90 Å². The van der Waals surface area contributed by atoms with E-state index in [4.69, 9.17) is 0 Å². The van der Waals surface area contributed by atoms with Crippen LogP contribution in [0.5, 0.6) is 0 Å². The molecule has 0 heterocycles. The van der Waals surface area contributed by atoms with Gasteiger partial charge in [0.25, 0.3) is 0 Å². The molecule has 0 saturated carbocycles. The molecular formula is C31H28FNO. The molecule has 1 aliphatic rings. The lowest BCUT2D eigenvalue weighted by molar-refractivity contribution is -0.133. The molecule has 4 aromatic carbocycles. The highest BCUT2D eigenvalue weighted by Gasteiger charge is 2.30. The van der Waals surface area contributed by atoms with E-state index in [1.165, 1.54) is 28.8 Å². The molecule has 1 aliphatic carbocycles. The summed E-state index contributed by atoms with van der Waals surface area (Å²) in [6.45, 7) is 2.55. The molecule has 34 heavy (non-hydrogen) atoms. The van der Waals surface area contributed by atoms with Crippen LogP contribution in [0.1, 0.15) is 27.8 Å². The number of rotatable bonds is 6. The Morgan fingerprint density at radius 2 is 1.44 bits per heavy atom. The first-order valence-electron chi connectivity index (χ1n) is 11.8. The van der Waals surface area contributed by atoms with Crippen LogP contribution >= 0.6 is 0 Å². The number of hydrogen-bond donors (Lipinski definition) is 0. The first-order valence-corrected chi connectivity index (χ1v) is 11.8. The zero-order valence-corrected chi connectivity index (χ0v) is 19.4. The third-order valence-corrected chi connectivity index (χ3v) is 6.78. The molecule has 1 amide bonds. The van der Waals surface area contributed by atoms with Gasteiger partial charge in [-0.05, 0) is 65.3 Å². The fourth-order valence-corrected chi connectivity index (χ4v) is 4.92. The SMILES string of the molecule is Cc1ccc(-c2ccccc2CC(=O)N(Cc2ccc(F)cc2)C2Cc3ccccc3C2)cc1. The van der Waals surface area contributed by atoms with Crippen molar-refractivity contribution in [3.05, 3.63) is 131 Å². The van der Waals surface area contributed by atoms with Gasteiger partial charge in [-0.3, -0.25) is 4.79 Å². The molecule has 0 N–H and O–H groups in total. The smallest absolute Gasteiger partial charge is 0.227 e. The van der Waals surface area contributed by atoms with Gasteiger partial charge < -0.3 is 4.90 Å². The van der Waals surface area contributed by atoms with Gasteiger partial charge >= 0.3 is 0 Å². The van der Waals surface area contributed by atoms with Gasteiger partial charge in [0, 0.05) is 12.6 Å². The van der Waals surface area contributed by atoms with Crippen molar-refractivity contribution in [1.29, 1.82) is 0 Å². The van der Waals surface area contributed by atoms with E-state index in [9.17, 15) is 9.18 Å². The zero-order valence-electron chi connectivity index (χ0n) is 19.4. The number of aryl methyl sites for hydroxylation is 1. The summed E-state index contributed by atoms with van der Waals surface area (Å²) in [5.74, 6) is -0.163. The third-order valence-electron chi connectivity index (χ3n) is 6.78.